The fourth-order valence-electron chi connectivity index (χ4n) is 1.13. The first-order valence-corrected chi connectivity index (χ1v) is 7.02. The third-order valence-corrected chi connectivity index (χ3v) is 5.20. The van der Waals surface area contributed by atoms with Crippen LogP contribution in [0, 0.1) is 0 Å². The lowest BCUT2D eigenvalue weighted by atomic mass is 10.4. The highest BCUT2D eigenvalue weighted by Gasteiger charge is 2.21. The SMILES string of the molecule is NS(=O)(=O)c1cccc2c1SCS2. The van der Waals surface area contributed by atoms with E-state index in [-0.39, 0.29) is 4.90 Å². The zero-order chi connectivity index (χ0) is 9.47. The van der Waals surface area contributed by atoms with E-state index in [9.17, 15) is 8.42 Å². The van der Waals surface area contributed by atoms with Crippen molar-refractivity contribution in [3.63, 3.8) is 0 Å². The minimum absolute atomic E-state index is 0.250. The van der Waals surface area contributed by atoms with Crippen LogP contribution in [0.5, 0.6) is 0 Å². The Balaban J connectivity index is 2.67. The van der Waals surface area contributed by atoms with Crippen LogP contribution in [0.3, 0.4) is 0 Å². The number of nitrogens with two attached hydrogens (primary N) is 1. The largest absolute Gasteiger partial charge is 0.239 e. The summed E-state index contributed by atoms with van der Waals surface area (Å²) in [5.74, 6) is 0. The van der Waals surface area contributed by atoms with Crippen molar-refractivity contribution in [2.45, 2.75) is 14.7 Å². The number of hydrogen-bond acceptors (Lipinski definition) is 4. The van der Waals surface area contributed by atoms with Gasteiger partial charge in [0.15, 0.2) is 0 Å². The molecule has 13 heavy (non-hydrogen) atoms. The first-order chi connectivity index (χ1) is 6.09. The van der Waals surface area contributed by atoms with E-state index in [1.54, 1.807) is 23.9 Å². The molecule has 0 saturated heterocycles. The molecule has 0 aliphatic carbocycles. The second-order valence-electron chi connectivity index (χ2n) is 2.53. The summed E-state index contributed by atoms with van der Waals surface area (Å²) in [5, 5.41) is 5.94. The van der Waals surface area contributed by atoms with E-state index < -0.39 is 10.0 Å². The van der Waals surface area contributed by atoms with Gasteiger partial charge in [-0.05, 0) is 12.1 Å². The van der Waals surface area contributed by atoms with Crippen molar-refractivity contribution in [2.24, 2.45) is 5.14 Å². The van der Waals surface area contributed by atoms with Gasteiger partial charge in [0, 0.05) is 14.9 Å². The lowest BCUT2D eigenvalue weighted by molar-refractivity contribution is 0.595. The van der Waals surface area contributed by atoms with Crippen molar-refractivity contribution in [3.05, 3.63) is 18.2 Å². The van der Waals surface area contributed by atoms with Crippen LogP contribution in [0.2, 0.25) is 0 Å². The number of fused-ring (bicyclic) bond motifs is 1. The van der Waals surface area contributed by atoms with Crippen LogP contribution in [0.25, 0.3) is 0 Å². The van der Waals surface area contributed by atoms with Crippen molar-refractivity contribution < 1.29 is 8.42 Å². The molecule has 3 nitrogen and oxygen atoms in total. The third kappa shape index (κ3) is 1.71. The number of hydrogen-bond donors (Lipinski definition) is 1. The maximum atomic E-state index is 11.1. The Bertz CT molecular complexity index is 441. The summed E-state index contributed by atoms with van der Waals surface area (Å²) >= 11 is 3.17. The molecule has 6 heteroatoms. The fourth-order valence-corrected chi connectivity index (χ4v) is 4.76. The Morgan fingerprint density at radius 3 is 2.77 bits per heavy atom. The van der Waals surface area contributed by atoms with Gasteiger partial charge in [-0.2, -0.15) is 0 Å². The topological polar surface area (TPSA) is 60.2 Å². The molecule has 1 heterocycles. The molecular weight excluding hydrogens is 226 g/mol. The minimum Gasteiger partial charge on any atom is -0.225 e. The Hall–Kier alpha value is -0.170. The van der Waals surface area contributed by atoms with Crippen molar-refractivity contribution in [1.82, 2.24) is 0 Å². The lowest BCUT2D eigenvalue weighted by Crippen LogP contribution is -2.13. The average molecular weight is 233 g/mol. The highest BCUT2D eigenvalue weighted by molar-refractivity contribution is 8.18. The molecule has 1 aromatic rings. The fraction of sp³-hybridized carbons (Fsp3) is 0.143. The van der Waals surface area contributed by atoms with Crippen LogP contribution in [0.1, 0.15) is 0 Å². The van der Waals surface area contributed by atoms with Gasteiger partial charge in [-0.15, -0.1) is 23.5 Å². The molecule has 0 amide bonds. The molecule has 0 unspecified atom stereocenters. The molecule has 0 spiro atoms. The molecule has 0 aromatic heterocycles. The average Bonchev–Trinajstić information content (AvgIpc) is 2.48. The van der Waals surface area contributed by atoms with Crippen molar-refractivity contribution in [1.29, 1.82) is 0 Å². The van der Waals surface area contributed by atoms with E-state index in [0.717, 1.165) is 14.9 Å². The summed E-state index contributed by atoms with van der Waals surface area (Å²) in [6, 6.07) is 5.18. The summed E-state index contributed by atoms with van der Waals surface area (Å²) in [6.07, 6.45) is 0. The molecule has 70 valence electrons. The van der Waals surface area contributed by atoms with Gasteiger partial charge in [-0.25, -0.2) is 13.6 Å². The summed E-state index contributed by atoms with van der Waals surface area (Å²) in [6.45, 7) is 0. The standard InChI is InChI=1S/C7H7NO2S3/c8-13(9,10)6-3-1-2-5-7(6)12-4-11-5/h1-3H,4H2,(H2,8,9,10). The first-order valence-electron chi connectivity index (χ1n) is 3.50. The monoisotopic (exact) mass is 233 g/mol. The van der Waals surface area contributed by atoms with Crippen LogP contribution < -0.4 is 5.14 Å². The van der Waals surface area contributed by atoms with E-state index in [1.807, 2.05) is 6.07 Å². The molecule has 2 rings (SSSR count). The van der Waals surface area contributed by atoms with Gasteiger partial charge >= 0.3 is 0 Å². The highest BCUT2D eigenvalue weighted by atomic mass is 32.2. The van der Waals surface area contributed by atoms with Crippen molar-refractivity contribution >= 4 is 33.5 Å². The lowest BCUT2D eigenvalue weighted by Gasteiger charge is -2.03. The summed E-state index contributed by atoms with van der Waals surface area (Å²) in [4.78, 5) is 2.06. The molecule has 1 aromatic carbocycles. The smallest absolute Gasteiger partial charge is 0.225 e. The maximum Gasteiger partial charge on any atom is 0.239 e. The third-order valence-electron chi connectivity index (χ3n) is 1.67. The second kappa shape index (κ2) is 3.20. The van der Waals surface area contributed by atoms with Crippen LogP contribution in [0.4, 0.5) is 0 Å². The Morgan fingerprint density at radius 1 is 1.31 bits per heavy atom. The molecule has 1 aliphatic rings. The molecule has 0 fully saturated rings. The Morgan fingerprint density at radius 2 is 2.08 bits per heavy atom. The van der Waals surface area contributed by atoms with Crippen LogP contribution in [-0.2, 0) is 10.0 Å². The van der Waals surface area contributed by atoms with Gasteiger partial charge < -0.3 is 0 Å². The van der Waals surface area contributed by atoms with Gasteiger partial charge in [0.25, 0.3) is 0 Å². The Kier molecular flexibility index (Phi) is 2.31. The predicted octanol–water partition coefficient (Wildman–Crippen LogP) is 1.49. The molecule has 2 N–H and O–H groups in total. The number of benzene rings is 1. The number of rotatable bonds is 1. The van der Waals surface area contributed by atoms with Gasteiger partial charge in [0.05, 0.1) is 4.90 Å². The van der Waals surface area contributed by atoms with Crippen molar-refractivity contribution in [3.8, 4) is 0 Å². The summed E-state index contributed by atoms with van der Waals surface area (Å²) < 4.78 is 22.3. The maximum absolute atomic E-state index is 11.1. The normalized spacial score (nSPS) is 15.8. The van der Waals surface area contributed by atoms with E-state index >= 15 is 0 Å². The van der Waals surface area contributed by atoms with Gasteiger partial charge in [0.1, 0.15) is 0 Å². The van der Waals surface area contributed by atoms with E-state index in [0.29, 0.717) is 0 Å². The molecule has 1 aliphatic heterocycles. The minimum atomic E-state index is -3.56. The first kappa shape index (κ1) is 9.39. The number of thioether (sulfide) groups is 2. The van der Waals surface area contributed by atoms with Gasteiger partial charge in [0.2, 0.25) is 10.0 Å². The van der Waals surface area contributed by atoms with Crippen LogP contribution in [0.15, 0.2) is 32.9 Å². The zero-order valence-corrected chi connectivity index (χ0v) is 9.01. The van der Waals surface area contributed by atoms with Crippen LogP contribution in [-0.4, -0.2) is 13.5 Å². The van der Waals surface area contributed by atoms with Gasteiger partial charge in [-0.1, -0.05) is 6.07 Å². The predicted molar refractivity (Wildman–Crippen MR) is 54.4 cm³/mol. The molecule has 0 atom stereocenters. The summed E-state index contributed by atoms with van der Waals surface area (Å²) in [5.41, 5.74) is 0. The van der Waals surface area contributed by atoms with Crippen LogP contribution >= 0.6 is 23.5 Å². The molecule has 0 radical (unpaired) electrons. The summed E-state index contributed by atoms with van der Waals surface area (Å²) in [7, 11) is -3.56. The number of primary sulfonamides is 1. The van der Waals surface area contributed by atoms with E-state index in [1.165, 1.54) is 11.8 Å². The quantitative estimate of drug-likeness (QED) is 0.798. The van der Waals surface area contributed by atoms with E-state index in [4.69, 9.17) is 5.14 Å². The van der Waals surface area contributed by atoms with Crippen molar-refractivity contribution in [2.75, 3.05) is 5.08 Å². The van der Waals surface area contributed by atoms with E-state index in [2.05, 4.69) is 0 Å². The molecule has 0 bridgehead atoms. The highest BCUT2D eigenvalue weighted by Crippen LogP contribution is 2.44. The van der Waals surface area contributed by atoms with Gasteiger partial charge in [-0.3, -0.25) is 0 Å². The molecule has 0 saturated carbocycles. The number of sulfonamides is 1. The second-order valence-corrected chi connectivity index (χ2v) is 6.43. The zero-order valence-electron chi connectivity index (χ0n) is 6.56. The molecular formula is C7H7NO2S3. The Labute approximate surface area is 85.1 Å².